The van der Waals surface area contributed by atoms with Crippen molar-refractivity contribution in [1.82, 2.24) is 19.3 Å². The Bertz CT molecular complexity index is 1220. The lowest BCUT2D eigenvalue weighted by molar-refractivity contribution is -0.117. The van der Waals surface area contributed by atoms with Crippen LogP contribution in [-0.2, 0) is 9.59 Å². The van der Waals surface area contributed by atoms with Gasteiger partial charge in [-0.15, -0.1) is 0 Å². The number of hydrogen-bond acceptors (Lipinski definition) is 7. The number of anilines is 1. The van der Waals surface area contributed by atoms with Gasteiger partial charge in [0, 0.05) is 30.0 Å². The second kappa shape index (κ2) is 7.48. The van der Waals surface area contributed by atoms with E-state index in [2.05, 4.69) is 32.0 Å². The Hall–Kier alpha value is -3.34. The van der Waals surface area contributed by atoms with Crippen LogP contribution in [0.2, 0.25) is 0 Å². The summed E-state index contributed by atoms with van der Waals surface area (Å²) in [4.78, 5) is 49.6. The van der Waals surface area contributed by atoms with Crippen molar-refractivity contribution in [2.75, 3.05) is 11.1 Å². The lowest BCUT2D eigenvalue weighted by Gasteiger charge is -2.15. The van der Waals surface area contributed by atoms with Gasteiger partial charge in [-0.1, -0.05) is 18.3 Å². The van der Waals surface area contributed by atoms with E-state index in [1.54, 1.807) is 37.6 Å². The van der Waals surface area contributed by atoms with Gasteiger partial charge in [-0.3, -0.25) is 19.0 Å². The molecule has 0 bridgehead atoms. The van der Waals surface area contributed by atoms with Crippen molar-refractivity contribution in [2.45, 2.75) is 38.4 Å². The summed E-state index contributed by atoms with van der Waals surface area (Å²) in [5.74, 6) is 0.199. The van der Waals surface area contributed by atoms with E-state index in [1.165, 1.54) is 16.4 Å². The van der Waals surface area contributed by atoms with Gasteiger partial charge in [0.2, 0.25) is 5.91 Å². The highest BCUT2D eigenvalue weighted by Gasteiger charge is 2.28. The number of amides is 2. The molecule has 0 aliphatic carbocycles. The Balaban J connectivity index is 1.56. The van der Waals surface area contributed by atoms with Gasteiger partial charge in [0.05, 0.1) is 23.0 Å². The minimum atomic E-state index is -0.496. The highest BCUT2D eigenvalue weighted by atomic mass is 32.2. The van der Waals surface area contributed by atoms with Crippen LogP contribution in [0.5, 0.6) is 0 Å². The third-order valence-electron chi connectivity index (χ3n) is 4.77. The Labute approximate surface area is 175 Å². The van der Waals surface area contributed by atoms with Gasteiger partial charge >= 0.3 is 0 Å². The van der Waals surface area contributed by atoms with Crippen molar-refractivity contribution in [2.24, 2.45) is 9.98 Å². The number of thioether (sulfide) groups is 1. The smallest absolute Gasteiger partial charge is 0.281 e. The predicted molar refractivity (Wildman–Crippen MR) is 113 cm³/mol. The summed E-state index contributed by atoms with van der Waals surface area (Å²) in [6.45, 7) is 8.76. The highest BCUT2D eigenvalue weighted by Crippen LogP contribution is 2.32. The third-order valence-corrected chi connectivity index (χ3v) is 5.89. The van der Waals surface area contributed by atoms with E-state index in [4.69, 9.17) is 0 Å². The molecule has 154 valence electrons. The minimum absolute atomic E-state index is 0.0612. The molecule has 0 radical (unpaired) electrons. The van der Waals surface area contributed by atoms with Crippen LogP contribution in [0.4, 0.5) is 5.82 Å². The molecule has 2 aliphatic heterocycles. The van der Waals surface area contributed by atoms with Crippen molar-refractivity contribution in [3.8, 4) is 0 Å². The molecular weight excluding hydrogens is 406 g/mol. The topological polar surface area (TPSA) is 124 Å². The average Bonchev–Trinajstić information content (AvgIpc) is 3.26. The summed E-state index contributed by atoms with van der Waals surface area (Å²) in [6, 6.07) is 1.37. The van der Waals surface area contributed by atoms with Gasteiger partial charge < -0.3 is 5.32 Å². The maximum absolute atomic E-state index is 12.7. The number of aliphatic imine (C=N–C) groups is 2. The molecule has 4 heterocycles. The van der Waals surface area contributed by atoms with E-state index in [0.29, 0.717) is 33.7 Å². The molecule has 0 aromatic carbocycles. The van der Waals surface area contributed by atoms with Gasteiger partial charge in [0.1, 0.15) is 5.82 Å². The maximum atomic E-state index is 12.7. The molecule has 1 atom stereocenters. The van der Waals surface area contributed by atoms with Crippen molar-refractivity contribution < 1.29 is 9.59 Å². The fourth-order valence-corrected chi connectivity index (χ4v) is 4.28. The summed E-state index contributed by atoms with van der Waals surface area (Å²) in [5, 5.41) is 7.70. The summed E-state index contributed by atoms with van der Waals surface area (Å²) < 4.78 is 2.89. The monoisotopic (exact) mass is 425 g/mol. The molecule has 4 rings (SSSR count). The first-order valence-corrected chi connectivity index (χ1v) is 10.2. The van der Waals surface area contributed by atoms with Crippen molar-refractivity contribution in [3.05, 3.63) is 46.0 Å². The zero-order chi connectivity index (χ0) is 21.6. The SMILES string of the molecule is C=C1C(=O)N=C(n2nc(C)cc2NC(=O)CC2CSc3ncc(C)c(=O)n32)N=C1C. The quantitative estimate of drug-likeness (QED) is 0.587. The van der Waals surface area contributed by atoms with Gasteiger partial charge in [0.25, 0.3) is 17.4 Å². The molecule has 2 aromatic rings. The second-order valence-electron chi connectivity index (χ2n) is 7.09. The van der Waals surface area contributed by atoms with Gasteiger partial charge in [-0.2, -0.15) is 14.8 Å². The number of carbonyl (C=O) groups is 2. The predicted octanol–water partition coefficient (Wildman–Crippen LogP) is 1.49. The molecule has 0 spiro atoms. The zero-order valence-corrected chi connectivity index (χ0v) is 17.5. The number of fused-ring (bicyclic) bond motifs is 1. The molecular formula is C19H19N7O3S. The van der Waals surface area contributed by atoms with Crippen LogP contribution >= 0.6 is 11.8 Å². The second-order valence-corrected chi connectivity index (χ2v) is 8.08. The summed E-state index contributed by atoms with van der Waals surface area (Å²) in [5.41, 5.74) is 1.69. The standard InChI is InChI=1S/C19H19N7O3S/c1-9-7-20-19-25(17(9)29)13(8-30-19)6-15(27)22-14-5-10(2)24-26(14)18-21-12(4)11(3)16(28)23-18/h5,7,13H,3,6,8H2,1-2,4H3,(H,22,27). The Kier molecular flexibility index (Phi) is 4.98. The van der Waals surface area contributed by atoms with Crippen LogP contribution in [0.15, 0.2) is 44.4 Å². The van der Waals surface area contributed by atoms with Crippen LogP contribution < -0.4 is 10.9 Å². The Morgan fingerprint density at radius 2 is 2.07 bits per heavy atom. The molecule has 11 heteroatoms. The van der Waals surface area contributed by atoms with Crippen LogP contribution in [0.1, 0.15) is 30.6 Å². The average molecular weight is 425 g/mol. The van der Waals surface area contributed by atoms with E-state index >= 15 is 0 Å². The molecule has 0 fully saturated rings. The highest BCUT2D eigenvalue weighted by molar-refractivity contribution is 7.99. The molecule has 1 unspecified atom stereocenters. The number of aromatic nitrogens is 4. The maximum Gasteiger partial charge on any atom is 0.281 e. The number of nitrogens with one attached hydrogen (secondary N) is 1. The van der Waals surface area contributed by atoms with Gasteiger partial charge in [0.15, 0.2) is 5.16 Å². The first kappa shape index (κ1) is 20.0. The van der Waals surface area contributed by atoms with Crippen LogP contribution in [0.3, 0.4) is 0 Å². The Morgan fingerprint density at radius 1 is 1.30 bits per heavy atom. The van der Waals surface area contributed by atoms with Crippen LogP contribution in [0, 0.1) is 13.8 Å². The fraction of sp³-hybridized carbons (Fsp3) is 0.316. The third kappa shape index (κ3) is 3.52. The van der Waals surface area contributed by atoms with Gasteiger partial charge in [-0.25, -0.2) is 9.98 Å². The molecule has 10 nitrogen and oxygen atoms in total. The van der Waals surface area contributed by atoms with Crippen molar-refractivity contribution in [1.29, 1.82) is 0 Å². The van der Waals surface area contributed by atoms with E-state index < -0.39 is 5.91 Å². The first-order chi connectivity index (χ1) is 14.2. The number of rotatable bonds is 3. The van der Waals surface area contributed by atoms with E-state index in [1.807, 2.05) is 0 Å². The lowest BCUT2D eigenvalue weighted by Crippen LogP contribution is -2.29. The first-order valence-electron chi connectivity index (χ1n) is 9.20. The largest absolute Gasteiger partial charge is 0.310 e. The molecule has 2 amide bonds. The number of aryl methyl sites for hydroxylation is 2. The number of carbonyl (C=O) groups excluding carboxylic acids is 2. The lowest BCUT2D eigenvalue weighted by atomic mass is 10.2. The van der Waals surface area contributed by atoms with Crippen LogP contribution in [0.25, 0.3) is 0 Å². The van der Waals surface area contributed by atoms with Crippen molar-refractivity contribution >= 4 is 41.1 Å². The summed E-state index contributed by atoms with van der Waals surface area (Å²) in [7, 11) is 0. The molecule has 0 saturated heterocycles. The molecule has 0 saturated carbocycles. The van der Waals surface area contributed by atoms with Gasteiger partial charge in [-0.05, 0) is 20.8 Å². The Morgan fingerprint density at radius 3 is 2.80 bits per heavy atom. The van der Waals surface area contributed by atoms with Crippen LogP contribution in [-0.4, -0.2) is 48.6 Å². The van der Waals surface area contributed by atoms with E-state index in [9.17, 15) is 14.4 Å². The van der Waals surface area contributed by atoms with E-state index in [-0.39, 0.29) is 35.5 Å². The molecule has 1 N–H and O–H groups in total. The molecule has 2 aromatic heterocycles. The zero-order valence-electron chi connectivity index (χ0n) is 16.7. The molecule has 30 heavy (non-hydrogen) atoms. The minimum Gasteiger partial charge on any atom is -0.310 e. The van der Waals surface area contributed by atoms with Crippen molar-refractivity contribution in [3.63, 3.8) is 0 Å². The number of nitrogens with zero attached hydrogens (tertiary/aromatic N) is 6. The normalized spacial score (nSPS) is 18.2. The van der Waals surface area contributed by atoms with E-state index in [0.717, 1.165) is 0 Å². The summed E-state index contributed by atoms with van der Waals surface area (Å²) in [6.07, 6.45) is 1.65. The molecule has 2 aliphatic rings. The summed E-state index contributed by atoms with van der Waals surface area (Å²) >= 11 is 1.45. The number of hydrogen-bond donors (Lipinski definition) is 1. The fourth-order valence-electron chi connectivity index (χ4n) is 3.17.